The number of benzene rings is 4. The van der Waals surface area contributed by atoms with Gasteiger partial charge in [0.05, 0.1) is 18.5 Å². The molecule has 0 bridgehead atoms. The molecule has 5 aromatic rings. The van der Waals surface area contributed by atoms with Crippen LogP contribution in [0.5, 0.6) is 5.75 Å². The van der Waals surface area contributed by atoms with Gasteiger partial charge in [-0.1, -0.05) is 65.7 Å². The lowest BCUT2D eigenvalue weighted by atomic mass is 10.1. The molecule has 1 amide bonds. The number of hydrogen-bond donors (Lipinski definition) is 1. The number of aryl methyl sites for hydroxylation is 2. The SMILES string of the molecule is COc1ccccc1N1CCN(CCCCNC(=O)c2ccc(-c3cccc(S(OS(=O)(=O)C(F)(F)F)(c4ccc(C)cc4)c4ccc(C)cc4)n3)cc2)CC1. The van der Waals surface area contributed by atoms with Crippen molar-refractivity contribution in [3.8, 4) is 17.0 Å². The monoisotopic (exact) mass is 806 g/mol. The Labute approximate surface area is 328 Å². The fourth-order valence-electron chi connectivity index (χ4n) is 6.52. The van der Waals surface area contributed by atoms with Gasteiger partial charge in [0.1, 0.15) is 10.8 Å². The van der Waals surface area contributed by atoms with Crippen LogP contribution >= 0.6 is 10.3 Å². The van der Waals surface area contributed by atoms with E-state index in [2.05, 4.69) is 21.2 Å². The molecule has 0 radical (unpaired) electrons. The van der Waals surface area contributed by atoms with Crippen LogP contribution in [-0.4, -0.2) is 76.1 Å². The van der Waals surface area contributed by atoms with Crippen LogP contribution in [0.4, 0.5) is 18.9 Å². The van der Waals surface area contributed by atoms with Gasteiger partial charge in [0.15, 0.2) is 0 Å². The number of aromatic nitrogens is 1. The molecule has 14 heteroatoms. The second-order valence-corrected chi connectivity index (χ2v) is 17.9. The van der Waals surface area contributed by atoms with Gasteiger partial charge in [-0.15, -0.1) is 0 Å². The number of pyridine rings is 1. The number of nitrogens with zero attached hydrogens (tertiary/aromatic N) is 3. The molecular weight excluding hydrogens is 762 g/mol. The van der Waals surface area contributed by atoms with Crippen molar-refractivity contribution in [3.63, 3.8) is 0 Å². The van der Waals surface area contributed by atoms with E-state index in [1.54, 1.807) is 92.0 Å². The number of anilines is 1. The van der Waals surface area contributed by atoms with Gasteiger partial charge in [-0.2, -0.15) is 25.2 Å². The highest BCUT2D eigenvalue weighted by atomic mass is 32.3. The lowest BCUT2D eigenvalue weighted by Crippen LogP contribution is -2.46. The minimum absolute atomic E-state index is 0.00987. The van der Waals surface area contributed by atoms with E-state index < -0.39 is 25.9 Å². The molecule has 9 nitrogen and oxygen atoms in total. The van der Waals surface area contributed by atoms with Gasteiger partial charge < -0.3 is 15.0 Å². The molecule has 0 saturated carbocycles. The number of methoxy groups -OCH3 is 1. The topological polar surface area (TPSA) is 101 Å². The Morgan fingerprint density at radius 1 is 0.768 bits per heavy atom. The quantitative estimate of drug-likeness (QED) is 0.0879. The molecule has 0 spiro atoms. The number of carbonyl (C=O) groups excluding carboxylic acids is 1. The number of halogens is 3. The predicted molar refractivity (Wildman–Crippen MR) is 214 cm³/mol. The van der Waals surface area contributed by atoms with Crippen molar-refractivity contribution in [2.45, 2.75) is 47.0 Å². The molecule has 0 unspecified atom stereocenters. The average molecular weight is 807 g/mol. The van der Waals surface area contributed by atoms with E-state index >= 15 is 0 Å². The van der Waals surface area contributed by atoms with E-state index in [0.717, 1.165) is 68.1 Å². The third kappa shape index (κ3) is 9.21. The molecule has 1 aliphatic rings. The summed E-state index contributed by atoms with van der Waals surface area (Å²) in [4.78, 5) is 23.0. The van der Waals surface area contributed by atoms with Crippen LogP contribution in [-0.2, 0) is 13.7 Å². The molecule has 0 atom stereocenters. The Balaban J connectivity index is 1.13. The molecule has 0 aliphatic carbocycles. The molecule has 1 fully saturated rings. The molecule has 2 heterocycles. The molecule has 1 aliphatic heterocycles. The summed E-state index contributed by atoms with van der Waals surface area (Å²) in [7, 11) is -8.00. The van der Waals surface area contributed by atoms with Gasteiger partial charge >= 0.3 is 15.6 Å². The summed E-state index contributed by atoms with van der Waals surface area (Å²) in [6.45, 7) is 8.84. The van der Waals surface area contributed by atoms with Crippen molar-refractivity contribution in [2.75, 3.05) is 51.3 Å². The van der Waals surface area contributed by atoms with Gasteiger partial charge in [0, 0.05) is 53.6 Å². The van der Waals surface area contributed by atoms with Gasteiger partial charge in [-0.05, 0) is 104 Å². The summed E-state index contributed by atoms with van der Waals surface area (Å²) in [6, 6.07) is 32.6. The molecule has 1 aromatic heterocycles. The summed E-state index contributed by atoms with van der Waals surface area (Å²) in [5, 5.41) is 3.00. The van der Waals surface area contributed by atoms with Crippen LogP contribution < -0.4 is 15.0 Å². The first-order chi connectivity index (χ1) is 26.8. The molecule has 1 N–H and O–H groups in total. The maximum Gasteiger partial charge on any atom is 0.524 e. The number of unbranched alkanes of at least 4 members (excludes halogenated alkanes) is 1. The highest BCUT2D eigenvalue weighted by Gasteiger charge is 2.53. The third-order valence-electron chi connectivity index (χ3n) is 9.63. The number of para-hydroxylation sites is 2. The fraction of sp³-hybridized carbons (Fsp3) is 0.286. The molecule has 1 saturated heterocycles. The first kappa shape index (κ1) is 40.8. The lowest BCUT2D eigenvalue weighted by molar-refractivity contribution is -0.0496. The largest absolute Gasteiger partial charge is 0.524 e. The van der Waals surface area contributed by atoms with Gasteiger partial charge in [0.25, 0.3) is 5.91 Å². The number of carbonyl (C=O) groups is 1. The van der Waals surface area contributed by atoms with E-state index in [4.69, 9.17) is 13.4 Å². The zero-order chi connectivity index (χ0) is 39.9. The van der Waals surface area contributed by atoms with E-state index in [0.29, 0.717) is 23.4 Å². The lowest BCUT2D eigenvalue weighted by Gasteiger charge is -2.38. The Hall–Kier alpha value is -4.89. The second-order valence-electron chi connectivity index (χ2n) is 13.6. The van der Waals surface area contributed by atoms with Crippen molar-refractivity contribution in [2.24, 2.45) is 0 Å². The maximum absolute atomic E-state index is 14.0. The van der Waals surface area contributed by atoms with Crippen LogP contribution in [0.15, 0.2) is 130 Å². The van der Waals surface area contributed by atoms with Crippen LogP contribution in [0.1, 0.15) is 34.3 Å². The highest BCUT2D eigenvalue weighted by molar-refractivity contribution is 8.33. The average Bonchev–Trinajstić information content (AvgIpc) is 3.20. The number of rotatable bonds is 14. The van der Waals surface area contributed by atoms with Crippen molar-refractivity contribution in [3.05, 3.63) is 132 Å². The van der Waals surface area contributed by atoms with E-state index in [1.807, 2.05) is 32.0 Å². The molecule has 6 rings (SSSR count). The molecule has 4 aromatic carbocycles. The Bertz CT molecular complexity index is 2170. The van der Waals surface area contributed by atoms with Crippen LogP contribution in [0.3, 0.4) is 0 Å². The number of hydrogen-bond acceptors (Lipinski definition) is 8. The molecule has 56 heavy (non-hydrogen) atoms. The Kier molecular flexibility index (Phi) is 12.7. The Morgan fingerprint density at radius 2 is 1.38 bits per heavy atom. The minimum atomic E-state index is -6.10. The van der Waals surface area contributed by atoms with Crippen molar-refractivity contribution in [1.29, 1.82) is 0 Å². The predicted octanol–water partition coefficient (Wildman–Crippen LogP) is 8.77. The molecule has 296 valence electrons. The number of alkyl halides is 3. The van der Waals surface area contributed by atoms with Gasteiger partial charge in [-0.3, -0.25) is 9.69 Å². The normalized spacial score (nSPS) is 14.4. The van der Waals surface area contributed by atoms with E-state index in [1.165, 1.54) is 6.07 Å². The minimum Gasteiger partial charge on any atom is -0.495 e. The summed E-state index contributed by atoms with van der Waals surface area (Å²) in [5.41, 5.74) is -1.53. The summed E-state index contributed by atoms with van der Waals surface area (Å²) >= 11 is 0. The smallest absolute Gasteiger partial charge is 0.495 e. The van der Waals surface area contributed by atoms with Gasteiger partial charge in [0.2, 0.25) is 0 Å². The number of ether oxygens (including phenoxy) is 1. The number of nitrogens with one attached hydrogen (secondary N) is 1. The Morgan fingerprint density at radius 3 is 1.96 bits per heavy atom. The summed E-state index contributed by atoms with van der Waals surface area (Å²) in [5.74, 6) is 0.654. The first-order valence-electron chi connectivity index (χ1n) is 18.3. The highest BCUT2D eigenvalue weighted by Crippen LogP contribution is 2.70. The second kappa shape index (κ2) is 17.5. The van der Waals surface area contributed by atoms with E-state index in [-0.39, 0.29) is 20.7 Å². The van der Waals surface area contributed by atoms with Crippen LogP contribution in [0, 0.1) is 13.8 Å². The third-order valence-corrected chi connectivity index (χ3v) is 14.4. The molecular formula is C42H45F3N4O5S2. The summed E-state index contributed by atoms with van der Waals surface area (Å²) in [6.07, 6.45) is 1.77. The summed E-state index contributed by atoms with van der Waals surface area (Å²) < 4.78 is 78.6. The van der Waals surface area contributed by atoms with Crippen LogP contribution in [0.25, 0.3) is 11.3 Å². The zero-order valence-electron chi connectivity index (χ0n) is 31.5. The first-order valence-corrected chi connectivity index (χ1v) is 21.2. The fourth-order valence-corrected chi connectivity index (χ4v) is 11.1. The number of piperazine rings is 1. The van der Waals surface area contributed by atoms with Crippen molar-refractivity contribution >= 4 is 32.0 Å². The van der Waals surface area contributed by atoms with E-state index in [9.17, 15) is 26.4 Å². The maximum atomic E-state index is 14.0. The standard InChI is InChI=1S/C42H45F3N4O5S2/c1-31-13-21-35(22-14-31)55(36-23-15-32(2)16-24-36,54-56(51,52)42(43,44)45)40-12-8-9-37(47-40)33-17-19-34(20-18-33)41(50)46-25-6-7-26-48-27-29-49(30-28-48)38-10-4-5-11-39(38)53-3/h4-5,8-24H,6-7,25-30H2,1-3H3,(H,46,50). The zero-order valence-corrected chi connectivity index (χ0v) is 33.1. The van der Waals surface area contributed by atoms with Gasteiger partial charge in [-0.25, -0.2) is 4.98 Å². The van der Waals surface area contributed by atoms with Crippen molar-refractivity contribution < 1.29 is 34.7 Å². The van der Waals surface area contributed by atoms with Crippen molar-refractivity contribution in [1.82, 2.24) is 15.2 Å². The number of amides is 1. The van der Waals surface area contributed by atoms with Crippen LogP contribution in [0.2, 0.25) is 0 Å².